The molecule has 5 heteroatoms. The molecular formula is C16H19N3OS. The van der Waals surface area contributed by atoms with Gasteiger partial charge in [0.2, 0.25) is 0 Å². The van der Waals surface area contributed by atoms with Gasteiger partial charge >= 0.3 is 0 Å². The van der Waals surface area contributed by atoms with Gasteiger partial charge in [-0.3, -0.25) is 4.79 Å². The van der Waals surface area contributed by atoms with Crippen molar-refractivity contribution >= 4 is 17.4 Å². The molecule has 1 N–H and O–H groups in total. The van der Waals surface area contributed by atoms with E-state index in [2.05, 4.69) is 46.1 Å². The quantitative estimate of drug-likeness (QED) is 0.922. The Morgan fingerprint density at radius 1 is 1.38 bits per heavy atom. The number of benzene rings is 1. The van der Waals surface area contributed by atoms with E-state index in [1.54, 1.807) is 0 Å². The van der Waals surface area contributed by atoms with E-state index in [0.717, 1.165) is 12.1 Å². The second-order valence-electron chi connectivity index (χ2n) is 5.60. The van der Waals surface area contributed by atoms with Gasteiger partial charge in [0.15, 0.2) is 0 Å². The number of carbonyl (C=O) groups excluding carboxylic acids is 1. The Hall–Kier alpha value is -1.75. The predicted octanol–water partition coefficient (Wildman–Crippen LogP) is 3.29. The highest BCUT2D eigenvalue weighted by atomic mass is 32.1. The third kappa shape index (κ3) is 3.13. The Labute approximate surface area is 128 Å². The lowest BCUT2D eigenvalue weighted by Crippen LogP contribution is -2.30. The second kappa shape index (κ2) is 5.93. The van der Waals surface area contributed by atoms with Crippen LogP contribution >= 0.6 is 11.5 Å². The number of rotatable bonds is 5. The molecule has 1 unspecified atom stereocenters. The van der Waals surface area contributed by atoms with Gasteiger partial charge in [-0.15, -0.1) is 5.10 Å². The Balaban J connectivity index is 1.79. The van der Waals surface area contributed by atoms with Gasteiger partial charge in [-0.2, -0.15) is 0 Å². The largest absolute Gasteiger partial charge is 0.344 e. The third-order valence-electron chi connectivity index (χ3n) is 3.91. The molecule has 0 bridgehead atoms. The summed E-state index contributed by atoms with van der Waals surface area (Å²) in [5.74, 6) is 0.516. The summed E-state index contributed by atoms with van der Waals surface area (Å²) >= 11 is 1.18. The van der Waals surface area contributed by atoms with Crippen LogP contribution in [0.15, 0.2) is 24.3 Å². The van der Waals surface area contributed by atoms with Crippen LogP contribution in [0, 0.1) is 12.8 Å². The SMILES string of the molecule is CCc1nnsc1C(=O)NC(c1ccc(C)cc1)C1CC1. The summed E-state index contributed by atoms with van der Waals surface area (Å²) in [6, 6.07) is 8.53. The van der Waals surface area contributed by atoms with Crippen LogP contribution in [-0.4, -0.2) is 15.5 Å². The minimum absolute atomic E-state index is 0.0423. The normalized spacial score (nSPS) is 15.7. The lowest BCUT2D eigenvalue weighted by molar-refractivity contribution is 0.0934. The molecule has 110 valence electrons. The van der Waals surface area contributed by atoms with Crippen LogP contribution in [0.25, 0.3) is 0 Å². The van der Waals surface area contributed by atoms with Crippen LogP contribution in [0.5, 0.6) is 0 Å². The van der Waals surface area contributed by atoms with Crippen molar-refractivity contribution in [2.45, 2.75) is 39.2 Å². The van der Waals surface area contributed by atoms with Gasteiger partial charge in [-0.25, -0.2) is 0 Å². The van der Waals surface area contributed by atoms with Crippen molar-refractivity contribution < 1.29 is 4.79 Å². The monoisotopic (exact) mass is 301 g/mol. The first-order chi connectivity index (χ1) is 10.2. The van der Waals surface area contributed by atoms with Crippen molar-refractivity contribution in [1.82, 2.24) is 14.9 Å². The molecule has 1 aliphatic carbocycles. The highest BCUT2D eigenvalue weighted by molar-refractivity contribution is 7.08. The molecular weight excluding hydrogens is 282 g/mol. The number of hydrogen-bond donors (Lipinski definition) is 1. The fraction of sp³-hybridized carbons (Fsp3) is 0.438. The first-order valence-corrected chi connectivity index (χ1v) is 8.15. The van der Waals surface area contributed by atoms with E-state index in [1.165, 1.54) is 35.5 Å². The van der Waals surface area contributed by atoms with Gasteiger partial charge in [0.05, 0.1) is 11.7 Å². The van der Waals surface area contributed by atoms with Crippen molar-refractivity contribution in [2.24, 2.45) is 5.92 Å². The lowest BCUT2D eigenvalue weighted by Gasteiger charge is -2.18. The van der Waals surface area contributed by atoms with Crippen molar-refractivity contribution in [2.75, 3.05) is 0 Å². The Kier molecular flexibility index (Phi) is 4.01. The molecule has 0 saturated heterocycles. The maximum Gasteiger partial charge on any atom is 0.265 e. The van der Waals surface area contributed by atoms with Crippen LogP contribution in [0.3, 0.4) is 0 Å². The Bertz CT molecular complexity index is 631. The summed E-state index contributed by atoms with van der Waals surface area (Å²) < 4.78 is 3.90. The molecule has 1 amide bonds. The van der Waals surface area contributed by atoms with Gasteiger partial charge in [0.1, 0.15) is 4.88 Å². The molecule has 1 aliphatic rings. The van der Waals surface area contributed by atoms with E-state index < -0.39 is 0 Å². The minimum atomic E-state index is -0.0423. The van der Waals surface area contributed by atoms with E-state index in [9.17, 15) is 4.79 Å². The molecule has 0 radical (unpaired) electrons. The number of aryl methyl sites for hydroxylation is 2. The molecule has 1 aromatic heterocycles. The lowest BCUT2D eigenvalue weighted by atomic mass is 10.0. The highest BCUT2D eigenvalue weighted by Crippen LogP contribution is 2.41. The molecule has 2 aromatic rings. The van der Waals surface area contributed by atoms with Gasteiger partial charge in [0, 0.05) is 0 Å². The smallest absolute Gasteiger partial charge is 0.265 e. The zero-order valence-electron chi connectivity index (χ0n) is 12.3. The molecule has 0 aliphatic heterocycles. The van der Waals surface area contributed by atoms with E-state index in [4.69, 9.17) is 0 Å². The van der Waals surface area contributed by atoms with Crippen molar-refractivity contribution in [1.29, 1.82) is 0 Å². The first-order valence-electron chi connectivity index (χ1n) is 7.37. The predicted molar refractivity (Wildman–Crippen MR) is 83.4 cm³/mol. The van der Waals surface area contributed by atoms with Crippen LogP contribution in [0.4, 0.5) is 0 Å². The topological polar surface area (TPSA) is 54.9 Å². The van der Waals surface area contributed by atoms with E-state index in [0.29, 0.717) is 10.8 Å². The maximum absolute atomic E-state index is 12.5. The Morgan fingerprint density at radius 2 is 2.10 bits per heavy atom. The number of nitrogens with one attached hydrogen (secondary N) is 1. The van der Waals surface area contributed by atoms with Gasteiger partial charge in [0.25, 0.3) is 5.91 Å². The summed E-state index contributed by atoms with van der Waals surface area (Å²) in [5, 5.41) is 7.20. The molecule has 1 saturated carbocycles. The Morgan fingerprint density at radius 3 is 2.71 bits per heavy atom. The number of amides is 1. The highest BCUT2D eigenvalue weighted by Gasteiger charge is 2.34. The van der Waals surface area contributed by atoms with E-state index >= 15 is 0 Å². The molecule has 3 rings (SSSR count). The second-order valence-corrected chi connectivity index (χ2v) is 6.36. The average Bonchev–Trinajstić information content (AvgIpc) is 3.22. The van der Waals surface area contributed by atoms with Crippen LogP contribution in [0.1, 0.15) is 52.3 Å². The summed E-state index contributed by atoms with van der Waals surface area (Å²) in [7, 11) is 0. The fourth-order valence-corrected chi connectivity index (χ4v) is 3.15. The molecule has 1 aromatic carbocycles. The molecule has 1 heterocycles. The standard InChI is InChI=1S/C16H19N3OS/c1-3-13-15(21-19-18-13)16(20)17-14(12-8-9-12)11-6-4-10(2)5-7-11/h4-7,12,14H,3,8-9H2,1-2H3,(H,17,20). The maximum atomic E-state index is 12.5. The third-order valence-corrected chi connectivity index (χ3v) is 4.68. The molecule has 1 fully saturated rings. The van der Waals surface area contributed by atoms with Crippen molar-refractivity contribution in [3.8, 4) is 0 Å². The summed E-state index contributed by atoms with van der Waals surface area (Å²) in [5.41, 5.74) is 3.21. The van der Waals surface area contributed by atoms with Crippen molar-refractivity contribution in [3.63, 3.8) is 0 Å². The van der Waals surface area contributed by atoms with E-state index in [-0.39, 0.29) is 11.9 Å². The van der Waals surface area contributed by atoms with Crippen LogP contribution < -0.4 is 5.32 Å². The van der Waals surface area contributed by atoms with E-state index in [1.807, 2.05) is 6.92 Å². The zero-order valence-corrected chi connectivity index (χ0v) is 13.1. The average molecular weight is 301 g/mol. The number of carbonyl (C=O) groups is 1. The fourth-order valence-electron chi connectivity index (χ4n) is 2.50. The van der Waals surface area contributed by atoms with Crippen LogP contribution in [-0.2, 0) is 6.42 Å². The molecule has 1 atom stereocenters. The van der Waals surface area contributed by atoms with Crippen LogP contribution in [0.2, 0.25) is 0 Å². The van der Waals surface area contributed by atoms with Crippen molar-refractivity contribution in [3.05, 3.63) is 46.0 Å². The summed E-state index contributed by atoms with van der Waals surface area (Å²) in [6.07, 6.45) is 3.10. The van der Waals surface area contributed by atoms with Gasteiger partial charge < -0.3 is 5.32 Å². The first kappa shape index (κ1) is 14.2. The number of hydrogen-bond acceptors (Lipinski definition) is 4. The minimum Gasteiger partial charge on any atom is -0.344 e. The molecule has 21 heavy (non-hydrogen) atoms. The molecule has 4 nitrogen and oxygen atoms in total. The van der Waals surface area contributed by atoms with Gasteiger partial charge in [-0.1, -0.05) is 41.2 Å². The zero-order chi connectivity index (χ0) is 14.8. The van der Waals surface area contributed by atoms with Gasteiger partial charge in [-0.05, 0) is 49.2 Å². The number of aromatic nitrogens is 2. The molecule has 0 spiro atoms. The summed E-state index contributed by atoms with van der Waals surface area (Å²) in [6.45, 7) is 4.07. The summed E-state index contributed by atoms with van der Waals surface area (Å²) in [4.78, 5) is 13.1. The number of nitrogens with zero attached hydrogens (tertiary/aromatic N) is 2.